The van der Waals surface area contributed by atoms with E-state index >= 15 is 0 Å². The van der Waals surface area contributed by atoms with Gasteiger partial charge >= 0.3 is 11.9 Å². The fraction of sp³-hybridized carbons (Fsp3) is 0.900. The van der Waals surface area contributed by atoms with E-state index in [1.54, 1.807) is 6.92 Å². The predicted octanol–water partition coefficient (Wildman–Crippen LogP) is 5.70. The van der Waals surface area contributed by atoms with Crippen molar-refractivity contribution in [2.24, 2.45) is 15.6 Å². The van der Waals surface area contributed by atoms with Gasteiger partial charge in [0.1, 0.15) is 0 Å². The second-order valence-corrected chi connectivity index (χ2v) is 7.75. The van der Waals surface area contributed by atoms with Crippen LogP contribution in [0.15, 0.2) is 10.2 Å². The summed E-state index contributed by atoms with van der Waals surface area (Å²) in [6.07, 6.45) is 6.92. The molecule has 26 heavy (non-hydrogen) atoms. The minimum absolute atomic E-state index is 0.324. The molecule has 0 aromatic heterocycles. The van der Waals surface area contributed by atoms with Gasteiger partial charge in [-0.05, 0) is 39.5 Å². The maximum atomic E-state index is 12.3. The predicted molar refractivity (Wildman–Crippen MR) is 104 cm³/mol. The summed E-state index contributed by atoms with van der Waals surface area (Å²) in [5, 5.41) is 28.0. The van der Waals surface area contributed by atoms with E-state index in [4.69, 9.17) is 0 Å². The number of azo groups is 1. The van der Waals surface area contributed by atoms with Crippen LogP contribution in [0.2, 0.25) is 0 Å². The summed E-state index contributed by atoms with van der Waals surface area (Å²) in [6, 6.07) is 0. The maximum absolute atomic E-state index is 12.3. The highest BCUT2D eigenvalue weighted by molar-refractivity contribution is 5.80. The van der Waals surface area contributed by atoms with E-state index < -0.39 is 28.4 Å². The van der Waals surface area contributed by atoms with Gasteiger partial charge in [-0.2, -0.15) is 10.2 Å². The Labute approximate surface area is 158 Å². The summed E-state index contributed by atoms with van der Waals surface area (Å²) < 4.78 is 0. The molecule has 0 fully saturated rings. The molecule has 0 rings (SSSR count). The summed E-state index contributed by atoms with van der Waals surface area (Å²) in [5.74, 6) is -2.10. The minimum atomic E-state index is -1.43. The molecule has 2 N–H and O–H groups in total. The molecule has 0 aliphatic rings. The van der Waals surface area contributed by atoms with Crippen molar-refractivity contribution in [1.29, 1.82) is 0 Å². The Bertz CT molecular complexity index is 484. The van der Waals surface area contributed by atoms with Crippen LogP contribution in [0.1, 0.15) is 99.3 Å². The first kappa shape index (κ1) is 24.5. The quantitative estimate of drug-likeness (QED) is 0.383. The fourth-order valence-corrected chi connectivity index (χ4v) is 3.61. The Morgan fingerprint density at radius 1 is 0.769 bits per heavy atom. The van der Waals surface area contributed by atoms with Gasteiger partial charge in [0.05, 0.1) is 0 Å². The third-order valence-corrected chi connectivity index (χ3v) is 5.81. The minimum Gasteiger partial charge on any atom is -0.479 e. The Balaban J connectivity index is 6.14. The normalized spacial score (nSPS) is 17.0. The van der Waals surface area contributed by atoms with Crippen LogP contribution in [0.4, 0.5) is 0 Å². The van der Waals surface area contributed by atoms with Gasteiger partial charge in [-0.3, -0.25) is 0 Å². The van der Waals surface area contributed by atoms with Gasteiger partial charge in [0.2, 0.25) is 0 Å². The average Bonchev–Trinajstić information content (AvgIpc) is 2.60. The molecule has 2 unspecified atom stereocenters. The van der Waals surface area contributed by atoms with Crippen LogP contribution in [-0.2, 0) is 9.59 Å². The van der Waals surface area contributed by atoms with Crippen molar-refractivity contribution in [1.82, 2.24) is 0 Å². The van der Waals surface area contributed by atoms with Gasteiger partial charge in [0, 0.05) is 5.41 Å². The molecule has 0 heterocycles. The van der Waals surface area contributed by atoms with Crippen molar-refractivity contribution in [2.75, 3.05) is 0 Å². The Morgan fingerprint density at radius 3 is 1.58 bits per heavy atom. The molecule has 0 aromatic rings. The molecule has 0 bridgehead atoms. The van der Waals surface area contributed by atoms with Crippen LogP contribution in [0, 0.1) is 5.41 Å². The highest BCUT2D eigenvalue weighted by atomic mass is 16.4. The van der Waals surface area contributed by atoms with Gasteiger partial charge in [-0.15, -0.1) is 0 Å². The summed E-state index contributed by atoms with van der Waals surface area (Å²) in [6.45, 7) is 11.2. The highest BCUT2D eigenvalue weighted by Crippen LogP contribution is 2.47. The van der Waals surface area contributed by atoms with Crippen molar-refractivity contribution in [2.45, 2.75) is 110 Å². The fourth-order valence-electron chi connectivity index (χ4n) is 3.61. The summed E-state index contributed by atoms with van der Waals surface area (Å²) >= 11 is 0. The Kier molecular flexibility index (Phi) is 10.0. The number of nitrogens with zero attached hydrogens (tertiary/aromatic N) is 2. The number of rotatable bonds is 14. The van der Waals surface area contributed by atoms with Gasteiger partial charge in [-0.1, -0.05) is 59.8 Å². The number of unbranched alkanes of at least 4 members (excludes halogenated alkanes) is 2. The van der Waals surface area contributed by atoms with E-state index in [9.17, 15) is 19.8 Å². The van der Waals surface area contributed by atoms with Crippen molar-refractivity contribution < 1.29 is 19.8 Å². The van der Waals surface area contributed by atoms with Crippen molar-refractivity contribution >= 4 is 11.9 Å². The van der Waals surface area contributed by atoms with E-state index in [0.717, 1.165) is 38.5 Å². The highest BCUT2D eigenvalue weighted by Gasteiger charge is 2.53. The molecule has 0 amide bonds. The lowest BCUT2D eigenvalue weighted by Gasteiger charge is -2.43. The van der Waals surface area contributed by atoms with Crippen molar-refractivity contribution in [3.8, 4) is 0 Å². The van der Waals surface area contributed by atoms with E-state index in [1.807, 2.05) is 13.8 Å². The van der Waals surface area contributed by atoms with Crippen molar-refractivity contribution in [3.05, 3.63) is 0 Å². The molecule has 0 saturated carbocycles. The zero-order valence-electron chi connectivity index (χ0n) is 17.5. The third-order valence-electron chi connectivity index (χ3n) is 5.81. The smallest absolute Gasteiger partial charge is 0.333 e. The van der Waals surface area contributed by atoms with Gasteiger partial charge in [0.25, 0.3) is 0 Å². The number of hydrogen-bond donors (Lipinski definition) is 2. The zero-order chi connectivity index (χ0) is 20.4. The number of carbonyl (C=O) groups is 2. The second-order valence-electron chi connectivity index (χ2n) is 7.75. The van der Waals surface area contributed by atoms with Crippen LogP contribution >= 0.6 is 0 Å². The lowest BCUT2D eigenvalue weighted by atomic mass is 9.63. The van der Waals surface area contributed by atoms with Crippen LogP contribution < -0.4 is 0 Å². The molecule has 0 aliphatic carbocycles. The topological polar surface area (TPSA) is 99.3 Å². The van der Waals surface area contributed by atoms with Crippen LogP contribution in [-0.4, -0.2) is 33.2 Å². The van der Waals surface area contributed by atoms with Crippen molar-refractivity contribution in [3.63, 3.8) is 0 Å². The van der Waals surface area contributed by atoms with E-state index in [2.05, 4.69) is 24.1 Å². The lowest BCUT2D eigenvalue weighted by Crippen LogP contribution is -2.51. The average molecular weight is 371 g/mol. The Morgan fingerprint density at radius 2 is 1.27 bits per heavy atom. The van der Waals surface area contributed by atoms with Gasteiger partial charge < -0.3 is 10.2 Å². The maximum Gasteiger partial charge on any atom is 0.333 e. The molecular formula is C20H38N2O4. The monoisotopic (exact) mass is 370 g/mol. The first-order valence-electron chi connectivity index (χ1n) is 10.00. The van der Waals surface area contributed by atoms with E-state index in [1.165, 1.54) is 6.92 Å². The number of carboxylic acid groups (broad SMARTS) is 2. The molecule has 6 heteroatoms. The molecule has 2 atom stereocenters. The summed E-state index contributed by atoms with van der Waals surface area (Å²) in [4.78, 5) is 24.0. The van der Waals surface area contributed by atoms with Gasteiger partial charge in [0.15, 0.2) is 11.1 Å². The molecule has 0 radical (unpaired) electrons. The van der Waals surface area contributed by atoms with E-state index in [-0.39, 0.29) is 0 Å². The number of aliphatic carboxylic acids is 2. The zero-order valence-corrected chi connectivity index (χ0v) is 17.5. The third kappa shape index (κ3) is 5.52. The molecular weight excluding hydrogens is 332 g/mol. The standard InChI is InChI=1S/C20H38N2O4/c1-7-11-14-20(10-4,15-12-8-2)19(6,17(25)26)22-21-18(5,13-9-3)16(23)24/h7-15H2,1-6H3,(H,23,24)(H,25,26). The van der Waals surface area contributed by atoms with Crippen LogP contribution in [0.3, 0.4) is 0 Å². The SMILES string of the molecule is CCCCC(CC)(CCCC)C(C)(N=NC(C)(CCC)C(=O)O)C(=O)O. The van der Waals surface area contributed by atoms with Crippen LogP contribution in [0.25, 0.3) is 0 Å². The van der Waals surface area contributed by atoms with E-state index in [0.29, 0.717) is 19.3 Å². The summed E-state index contributed by atoms with van der Waals surface area (Å²) in [7, 11) is 0. The van der Waals surface area contributed by atoms with Crippen LogP contribution in [0.5, 0.6) is 0 Å². The first-order valence-corrected chi connectivity index (χ1v) is 10.00. The molecule has 0 aromatic carbocycles. The number of carboxylic acids is 2. The van der Waals surface area contributed by atoms with Gasteiger partial charge in [-0.25, -0.2) is 9.59 Å². The molecule has 6 nitrogen and oxygen atoms in total. The lowest BCUT2D eigenvalue weighted by molar-refractivity contribution is -0.150. The first-order chi connectivity index (χ1) is 12.1. The second kappa shape index (κ2) is 10.6. The molecule has 152 valence electrons. The summed E-state index contributed by atoms with van der Waals surface area (Å²) in [5.41, 5.74) is -3.35. The Hall–Kier alpha value is -1.46. The molecule has 0 spiro atoms. The number of hydrogen-bond acceptors (Lipinski definition) is 4. The molecule has 0 saturated heterocycles. The largest absolute Gasteiger partial charge is 0.479 e. The molecule has 0 aliphatic heterocycles.